The summed E-state index contributed by atoms with van der Waals surface area (Å²) in [6.07, 6.45) is -0.947. The number of aliphatic hydroxyl groups excluding tert-OH is 1. The van der Waals surface area contributed by atoms with E-state index in [4.69, 9.17) is 9.47 Å². The predicted octanol–water partition coefficient (Wildman–Crippen LogP) is 3.79. The molecule has 164 valence electrons. The van der Waals surface area contributed by atoms with Crippen molar-refractivity contribution in [1.82, 2.24) is 9.78 Å². The van der Waals surface area contributed by atoms with Crippen molar-refractivity contribution in [1.29, 1.82) is 0 Å². The maximum atomic E-state index is 13.4. The van der Waals surface area contributed by atoms with E-state index in [9.17, 15) is 14.3 Å². The number of rotatable bonds is 8. The third-order valence-corrected chi connectivity index (χ3v) is 5.13. The monoisotopic (exact) mass is 434 g/mol. The first-order valence-corrected chi connectivity index (χ1v) is 10.2. The Morgan fingerprint density at radius 3 is 2.44 bits per heavy atom. The molecule has 1 N–H and O–H groups in total. The van der Waals surface area contributed by atoms with E-state index < -0.39 is 6.10 Å². The van der Waals surface area contributed by atoms with E-state index in [1.807, 2.05) is 30.3 Å². The van der Waals surface area contributed by atoms with Crippen LogP contribution in [0.2, 0.25) is 0 Å². The Kier molecular flexibility index (Phi) is 6.58. The van der Waals surface area contributed by atoms with Crippen LogP contribution in [0.1, 0.15) is 5.56 Å². The Balaban J connectivity index is 1.55. The van der Waals surface area contributed by atoms with Gasteiger partial charge in [-0.15, -0.1) is 0 Å². The van der Waals surface area contributed by atoms with Crippen molar-refractivity contribution < 1.29 is 19.0 Å². The van der Waals surface area contributed by atoms with Crippen molar-refractivity contribution in [2.75, 3.05) is 13.7 Å². The van der Waals surface area contributed by atoms with Gasteiger partial charge in [0.15, 0.2) is 0 Å². The number of aliphatic hydroxyl groups is 1. The Morgan fingerprint density at radius 2 is 1.69 bits per heavy atom. The van der Waals surface area contributed by atoms with Gasteiger partial charge >= 0.3 is 0 Å². The van der Waals surface area contributed by atoms with Gasteiger partial charge in [-0.1, -0.05) is 36.4 Å². The lowest BCUT2D eigenvalue weighted by atomic mass is 10.1. The van der Waals surface area contributed by atoms with Crippen LogP contribution < -0.4 is 10.3 Å². The van der Waals surface area contributed by atoms with Crippen molar-refractivity contribution in [2.24, 2.45) is 0 Å². The van der Waals surface area contributed by atoms with E-state index in [2.05, 4.69) is 5.10 Å². The lowest BCUT2D eigenvalue weighted by Gasteiger charge is -2.15. The van der Waals surface area contributed by atoms with E-state index in [0.29, 0.717) is 27.8 Å². The van der Waals surface area contributed by atoms with Crippen molar-refractivity contribution in [3.8, 4) is 17.0 Å². The standard InChI is InChI=1S/C25H23FN2O4/c1-31-23-9-5-2-6-18(23)15-32-16-20(29)14-28-25(30)22-8-4-3-7-21(22)24(27-28)17-10-12-19(26)13-11-17/h2-13,20,29H,14-16H2,1H3/t20-/m0/s1. The molecule has 3 aromatic carbocycles. The van der Waals surface area contributed by atoms with E-state index in [0.717, 1.165) is 5.56 Å². The summed E-state index contributed by atoms with van der Waals surface area (Å²) in [6, 6.07) is 20.5. The summed E-state index contributed by atoms with van der Waals surface area (Å²) in [5, 5.41) is 16.1. The molecule has 1 heterocycles. The number of para-hydroxylation sites is 1. The fourth-order valence-corrected chi connectivity index (χ4v) is 3.56. The molecule has 4 rings (SSSR count). The number of hydrogen-bond acceptors (Lipinski definition) is 5. The quantitative estimate of drug-likeness (QED) is 0.457. The van der Waals surface area contributed by atoms with E-state index in [1.165, 1.54) is 16.8 Å². The van der Waals surface area contributed by atoms with Crippen molar-refractivity contribution >= 4 is 10.8 Å². The molecule has 0 radical (unpaired) electrons. The highest BCUT2D eigenvalue weighted by molar-refractivity contribution is 5.93. The number of methoxy groups -OCH3 is 1. The van der Waals surface area contributed by atoms with Crippen LogP contribution >= 0.6 is 0 Å². The Morgan fingerprint density at radius 1 is 1.00 bits per heavy atom. The number of fused-ring (bicyclic) bond motifs is 1. The summed E-state index contributed by atoms with van der Waals surface area (Å²) in [4.78, 5) is 13.0. The van der Waals surface area contributed by atoms with Crippen molar-refractivity contribution in [3.63, 3.8) is 0 Å². The highest BCUT2D eigenvalue weighted by Gasteiger charge is 2.15. The number of nitrogens with zero attached hydrogens (tertiary/aromatic N) is 2. The molecule has 6 nitrogen and oxygen atoms in total. The van der Waals surface area contributed by atoms with Gasteiger partial charge in [0, 0.05) is 16.5 Å². The van der Waals surface area contributed by atoms with Crippen LogP contribution in [-0.4, -0.2) is 34.7 Å². The first-order chi connectivity index (χ1) is 15.6. The fourth-order valence-electron chi connectivity index (χ4n) is 3.56. The zero-order chi connectivity index (χ0) is 22.5. The number of benzene rings is 3. The summed E-state index contributed by atoms with van der Waals surface area (Å²) in [5.74, 6) is 0.354. The van der Waals surface area contributed by atoms with Gasteiger partial charge in [-0.3, -0.25) is 4.79 Å². The average molecular weight is 434 g/mol. The summed E-state index contributed by atoms with van der Waals surface area (Å²) in [7, 11) is 1.59. The summed E-state index contributed by atoms with van der Waals surface area (Å²) in [5.41, 5.74) is 1.78. The minimum absolute atomic E-state index is 0.0187. The molecule has 0 amide bonds. The molecule has 32 heavy (non-hydrogen) atoms. The van der Waals surface area contributed by atoms with Gasteiger partial charge in [0.1, 0.15) is 11.6 Å². The molecule has 0 fully saturated rings. The summed E-state index contributed by atoms with van der Waals surface area (Å²) < 4.78 is 25.6. The first kappa shape index (κ1) is 21.7. The molecule has 0 spiro atoms. The third kappa shape index (κ3) is 4.69. The van der Waals surface area contributed by atoms with Crippen molar-refractivity contribution in [3.05, 3.63) is 94.5 Å². The molecule has 4 aromatic rings. The lowest BCUT2D eigenvalue weighted by Crippen LogP contribution is -2.31. The molecular weight excluding hydrogens is 411 g/mol. The SMILES string of the molecule is COc1ccccc1COC[C@@H](O)Cn1nc(-c2ccc(F)cc2)c2ccccc2c1=O. The van der Waals surface area contributed by atoms with Crippen LogP contribution in [-0.2, 0) is 17.9 Å². The normalized spacial score (nSPS) is 12.1. The first-order valence-electron chi connectivity index (χ1n) is 10.2. The van der Waals surface area contributed by atoms with Gasteiger partial charge in [-0.2, -0.15) is 5.10 Å². The molecular formula is C25H23FN2O4. The van der Waals surface area contributed by atoms with E-state index in [1.54, 1.807) is 37.4 Å². The van der Waals surface area contributed by atoms with Gasteiger partial charge < -0.3 is 14.6 Å². The Hall–Kier alpha value is -3.55. The second-order valence-electron chi connectivity index (χ2n) is 7.37. The fraction of sp³-hybridized carbons (Fsp3) is 0.200. The molecule has 0 aliphatic rings. The highest BCUT2D eigenvalue weighted by Crippen LogP contribution is 2.25. The van der Waals surface area contributed by atoms with Crippen LogP contribution in [0.4, 0.5) is 4.39 Å². The van der Waals surface area contributed by atoms with Gasteiger partial charge in [-0.05, 0) is 36.4 Å². The van der Waals surface area contributed by atoms with Crippen LogP contribution in [0.15, 0.2) is 77.6 Å². The number of hydrogen-bond donors (Lipinski definition) is 1. The maximum absolute atomic E-state index is 13.4. The zero-order valence-electron chi connectivity index (χ0n) is 17.6. The lowest BCUT2D eigenvalue weighted by molar-refractivity contribution is 0.0176. The second kappa shape index (κ2) is 9.72. The van der Waals surface area contributed by atoms with E-state index >= 15 is 0 Å². The third-order valence-electron chi connectivity index (χ3n) is 5.13. The molecule has 1 aromatic heterocycles. The summed E-state index contributed by atoms with van der Waals surface area (Å²) >= 11 is 0. The minimum atomic E-state index is -0.947. The molecule has 0 saturated heterocycles. The molecule has 7 heteroatoms. The predicted molar refractivity (Wildman–Crippen MR) is 120 cm³/mol. The zero-order valence-corrected chi connectivity index (χ0v) is 17.6. The van der Waals surface area contributed by atoms with Gasteiger partial charge in [0.25, 0.3) is 5.56 Å². The molecule has 0 bridgehead atoms. The average Bonchev–Trinajstić information content (AvgIpc) is 2.82. The largest absolute Gasteiger partial charge is 0.496 e. The van der Waals surface area contributed by atoms with Crippen LogP contribution in [0.3, 0.4) is 0 Å². The molecule has 0 aliphatic heterocycles. The van der Waals surface area contributed by atoms with Gasteiger partial charge in [-0.25, -0.2) is 9.07 Å². The summed E-state index contributed by atoms with van der Waals surface area (Å²) in [6.45, 7) is 0.247. The van der Waals surface area contributed by atoms with Crippen LogP contribution in [0.5, 0.6) is 5.75 Å². The number of aromatic nitrogens is 2. The molecule has 1 atom stereocenters. The highest BCUT2D eigenvalue weighted by atomic mass is 19.1. The van der Waals surface area contributed by atoms with Crippen LogP contribution in [0.25, 0.3) is 22.0 Å². The maximum Gasteiger partial charge on any atom is 0.274 e. The Labute approximate surface area is 184 Å². The Bertz CT molecular complexity index is 1270. The minimum Gasteiger partial charge on any atom is -0.496 e. The second-order valence-corrected chi connectivity index (χ2v) is 7.37. The number of ether oxygens (including phenoxy) is 2. The van der Waals surface area contributed by atoms with E-state index in [-0.39, 0.29) is 31.1 Å². The smallest absolute Gasteiger partial charge is 0.274 e. The molecule has 0 unspecified atom stereocenters. The molecule has 0 aliphatic carbocycles. The molecule has 0 saturated carbocycles. The van der Waals surface area contributed by atoms with Crippen LogP contribution in [0, 0.1) is 5.82 Å². The van der Waals surface area contributed by atoms with Gasteiger partial charge in [0.05, 0.1) is 44.1 Å². The topological polar surface area (TPSA) is 73.6 Å². The number of halogens is 1. The van der Waals surface area contributed by atoms with Crippen molar-refractivity contribution in [2.45, 2.75) is 19.3 Å². The van der Waals surface area contributed by atoms with Gasteiger partial charge in [0.2, 0.25) is 0 Å².